The van der Waals surface area contributed by atoms with Gasteiger partial charge in [0, 0.05) is 31.6 Å². The first-order valence-corrected chi connectivity index (χ1v) is 5.89. The van der Waals surface area contributed by atoms with E-state index in [0.29, 0.717) is 6.42 Å². The normalized spacial score (nSPS) is 15.8. The van der Waals surface area contributed by atoms with Crippen LogP contribution in [0.1, 0.15) is 33.1 Å². The largest absolute Gasteiger partial charge is 0.355 e. The Balaban J connectivity index is 0. The second-order valence-electron chi connectivity index (χ2n) is 4.39. The monoisotopic (exact) mass is 285 g/mol. The molecule has 1 rings (SSSR count). The second-order valence-corrected chi connectivity index (χ2v) is 4.39. The summed E-state index contributed by atoms with van der Waals surface area (Å²) < 4.78 is 0. The maximum Gasteiger partial charge on any atom is 0.221 e. The third-order valence-corrected chi connectivity index (χ3v) is 2.70. The molecule has 1 unspecified atom stereocenters. The van der Waals surface area contributed by atoms with Crippen molar-refractivity contribution < 1.29 is 4.79 Å². The van der Waals surface area contributed by atoms with Gasteiger partial charge >= 0.3 is 0 Å². The number of rotatable bonds is 7. The van der Waals surface area contributed by atoms with E-state index >= 15 is 0 Å². The number of carbonyl (C=O) groups excluding carboxylic acids is 1. The highest BCUT2D eigenvalue weighted by Gasteiger charge is 2.27. The lowest BCUT2D eigenvalue weighted by atomic mass is 10.2. The fourth-order valence-corrected chi connectivity index (χ4v) is 1.74. The Morgan fingerprint density at radius 3 is 2.47 bits per heavy atom. The van der Waals surface area contributed by atoms with Crippen molar-refractivity contribution in [3.05, 3.63) is 0 Å². The fraction of sp³-hybridized carbons (Fsp3) is 0.909. The average molecular weight is 286 g/mol. The van der Waals surface area contributed by atoms with Crippen molar-refractivity contribution in [1.29, 1.82) is 0 Å². The molecule has 0 spiro atoms. The summed E-state index contributed by atoms with van der Waals surface area (Å²) in [5, 5.41) is 2.90. The van der Waals surface area contributed by atoms with Gasteiger partial charge in [0.15, 0.2) is 0 Å². The molecular formula is C11H25Cl2N3O. The Labute approximate surface area is 117 Å². The standard InChI is InChI=1S/C11H23N3O.2ClH/c1-3-14(10-4-5-10)7-6-13-11(15)8-9(2)12;;/h9-10H,3-8,12H2,1-2H3,(H,13,15);2*1H. The molecule has 0 aromatic rings. The Bertz CT molecular complexity index is 211. The topological polar surface area (TPSA) is 58.4 Å². The molecule has 1 amide bonds. The van der Waals surface area contributed by atoms with E-state index in [1.54, 1.807) is 0 Å². The molecule has 4 nitrogen and oxygen atoms in total. The maximum absolute atomic E-state index is 11.3. The van der Waals surface area contributed by atoms with Crippen LogP contribution in [0.25, 0.3) is 0 Å². The van der Waals surface area contributed by atoms with Crippen LogP contribution >= 0.6 is 24.8 Å². The minimum Gasteiger partial charge on any atom is -0.355 e. The first kappa shape index (κ1) is 19.3. The van der Waals surface area contributed by atoms with E-state index in [4.69, 9.17) is 5.73 Å². The molecule has 0 aromatic carbocycles. The number of hydrogen-bond donors (Lipinski definition) is 2. The second kappa shape index (κ2) is 9.95. The van der Waals surface area contributed by atoms with E-state index in [0.717, 1.165) is 25.7 Å². The first-order chi connectivity index (χ1) is 7.13. The SMILES string of the molecule is CCN(CCNC(=O)CC(C)N)C1CC1.Cl.Cl. The minimum atomic E-state index is -0.0456. The van der Waals surface area contributed by atoms with Gasteiger partial charge in [-0.15, -0.1) is 24.8 Å². The third kappa shape index (κ3) is 8.66. The lowest BCUT2D eigenvalue weighted by Gasteiger charge is -2.19. The lowest BCUT2D eigenvalue weighted by Crippen LogP contribution is -2.37. The molecule has 17 heavy (non-hydrogen) atoms. The average Bonchev–Trinajstić information content (AvgIpc) is 2.94. The van der Waals surface area contributed by atoms with Crippen molar-refractivity contribution >= 4 is 30.7 Å². The van der Waals surface area contributed by atoms with E-state index < -0.39 is 0 Å². The van der Waals surface area contributed by atoms with Crippen molar-refractivity contribution in [3.8, 4) is 0 Å². The van der Waals surface area contributed by atoms with Crippen LogP contribution in [0.3, 0.4) is 0 Å². The Morgan fingerprint density at radius 1 is 1.47 bits per heavy atom. The van der Waals surface area contributed by atoms with E-state index in [-0.39, 0.29) is 36.8 Å². The van der Waals surface area contributed by atoms with Crippen molar-refractivity contribution in [2.75, 3.05) is 19.6 Å². The first-order valence-electron chi connectivity index (χ1n) is 5.89. The molecule has 0 radical (unpaired) electrons. The highest BCUT2D eigenvalue weighted by molar-refractivity contribution is 5.85. The minimum absolute atomic E-state index is 0. The summed E-state index contributed by atoms with van der Waals surface area (Å²) >= 11 is 0. The summed E-state index contributed by atoms with van der Waals surface area (Å²) in [6.45, 7) is 6.81. The van der Waals surface area contributed by atoms with Crippen LogP contribution in [0.2, 0.25) is 0 Å². The molecule has 0 aromatic heterocycles. The smallest absolute Gasteiger partial charge is 0.221 e. The van der Waals surface area contributed by atoms with Crippen LogP contribution in [0.15, 0.2) is 0 Å². The van der Waals surface area contributed by atoms with Crippen molar-refractivity contribution in [3.63, 3.8) is 0 Å². The molecule has 1 saturated carbocycles. The van der Waals surface area contributed by atoms with Gasteiger partial charge in [-0.05, 0) is 26.3 Å². The number of carbonyl (C=O) groups is 1. The third-order valence-electron chi connectivity index (χ3n) is 2.70. The molecule has 0 heterocycles. The molecule has 0 bridgehead atoms. The zero-order chi connectivity index (χ0) is 11.3. The van der Waals surface area contributed by atoms with Gasteiger partial charge in [-0.3, -0.25) is 9.69 Å². The molecule has 1 aliphatic rings. The molecule has 3 N–H and O–H groups in total. The zero-order valence-electron chi connectivity index (χ0n) is 10.6. The van der Waals surface area contributed by atoms with Crippen LogP contribution < -0.4 is 11.1 Å². The fourth-order valence-electron chi connectivity index (χ4n) is 1.74. The van der Waals surface area contributed by atoms with Crippen molar-refractivity contribution in [1.82, 2.24) is 10.2 Å². The van der Waals surface area contributed by atoms with Gasteiger partial charge in [-0.1, -0.05) is 6.92 Å². The Morgan fingerprint density at radius 2 is 2.06 bits per heavy atom. The number of nitrogens with zero attached hydrogens (tertiary/aromatic N) is 1. The van der Waals surface area contributed by atoms with Crippen LogP contribution in [-0.4, -0.2) is 42.5 Å². The maximum atomic E-state index is 11.3. The van der Waals surface area contributed by atoms with Crippen LogP contribution in [-0.2, 0) is 4.79 Å². The van der Waals surface area contributed by atoms with E-state index in [1.807, 2.05) is 6.92 Å². The molecule has 0 saturated heterocycles. The molecule has 1 fully saturated rings. The summed E-state index contributed by atoms with van der Waals surface area (Å²) in [4.78, 5) is 13.7. The number of nitrogens with two attached hydrogens (primary N) is 1. The number of likely N-dealkylation sites (N-methyl/N-ethyl adjacent to an activating group) is 1. The van der Waals surface area contributed by atoms with Crippen LogP contribution in [0.5, 0.6) is 0 Å². The molecule has 1 aliphatic carbocycles. The Hall–Kier alpha value is -0.0300. The van der Waals surface area contributed by atoms with Gasteiger partial charge in [-0.2, -0.15) is 0 Å². The van der Waals surface area contributed by atoms with Gasteiger partial charge in [0.25, 0.3) is 0 Å². The van der Waals surface area contributed by atoms with E-state index in [2.05, 4.69) is 17.1 Å². The van der Waals surface area contributed by atoms with Crippen molar-refractivity contribution in [2.24, 2.45) is 5.73 Å². The summed E-state index contributed by atoms with van der Waals surface area (Å²) in [6, 6.07) is 0.732. The van der Waals surface area contributed by atoms with Crippen LogP contribution in [0, 0.1) is 0 Å². The summed E-state index contributed by atoms with van der Waals surface area (Å²) in [7, 11) is 0. The van der Waals surface area contributed by atoms with Crippen molar-refractivity contribution in [2.45, 2.75) is 45.2 Å². The number of hydrogen-bond acceptors (Lipinski definition) is 3. The van der Waals surface area contributed by atoms with Gasteiger partial charge in [0.05, 0.1) is 0 Å². The predicted octanol–water partition coefficient (Wildman–Crippen LogP) is 1.17. The number of nitrogens with one attached hydrogen (secondary N) is 1. The number of halogens is 2. The highest BCUT2D eigenvalue weighted by Crippen LogP contribution is 2.25. The quantitative estimate of drug-likeness (QED) is 0.738. The number of amides is 1. The zero-order valence-corrected chi connectivity index (χ0v) is 12.3. The van der Waals surface area contributed by atoms with E-state index in [1.165, 1.54) is 12.8 Å². The molecular weight excluding hydrogens is 261 g/mol. The highest BCUT2D eigenvalue weighted by atomic mass is 35.5. The molecule has 6 heteroatoms. The molecule has 1 atom stereocenters. The lowest BCUT2D eigenvalue weighted by molar-refractivity contribution is -0.121. The van der Waals surface area contributed by atoms with E-state index in [9.17, 15) is 4.79 Å². The van der Waals surface area contributed by atoms with Gasteiger partial charge in [0.2, 0.25) is 5.91 Å². The van der Waals surface area contributed by atoms with Gasteiger partial charge in [-0.25, -0.2) is 0 Å². The summed E-state index contributed by atoms with van der Waals surface area (Å²) in [6.07, 6.45) is 3.07. The Kier molecular flexibility index (Phi) is 11.3. The molecule has 0 aliphatic heterocycles. The van der Waals surface area contributed by atoms with Gasteiger partial charge in [0.1, 0.15) is 0 Å². The van der Waals surface area contributed by atoms with Gasteiger partial charge < -0.3 is 11.1 Å². The van der Waals surface area contributed by atoms with Crippen LogP contribution in [0.4, 0.5) is 0 Å². The predicted molar refractivity (Wildman–Crippen MR) is 76.0 cm³/mol. The summed E-state index contributed by atoms with van der Waals surface area (Å²) in [5.41, 5.74) is 5.54. The summed E-state index contributed by atoms with van der Waals surface area (Å²) in [5.74, 6) is 0.0665. The molecule has 104 valence electrons.